The predicted molar refractivity (Wildman–Crippen MR) is 84.3 cm³/mol. The number of nitrogens with zero attached hydrogens (tertiary/aromatic N) is 2. The van der Waals surface area contributed by atoms with E-state index in [0.717, 1.165) is 28.1 Å². The van der Waals surface area contributed by atoms with Gasteiger partial charge in [-0.3, -0.25) is 0 Å². The molecule has 1 aromatic carbocycles. The van der Waals surface area contributed by atoms with E-state index < -0.39 is 0 Å². The molecule has 0 saturated carbocycles. The van der Waals surface area contributed by atoms with Crippen molar-refractivity contribution in [2.75, 3.05) is 0 Å². The van der Waals surface area contributed by atoms with Gasteiger partial charge in [0.1, 0.15) is 5.82 Å². The minimum atomic E-state index is -0.253. The Balaban J connectivity index is 0.000000829. The van der Waals surface area contributed by atoms with Gasteiger partial charge in [-0.25, -0.2) is 4.39 Å². The largest absolute Gasteiger partial charge is 0.207 e. The van der Waals surface area contributed by atoms with Crippen LogP contribution < -0.4 is 0 Å². The lowest BCUT2D eigenvalue weighted by Gasteiger charge is -2.08. The molecule has 3 heteroatoms. The van der Waals surface area contributed by atoms with Gasteiger partial charge < -0.3 is 0 Å². The molecule has 2 rings (SSSR count). The van der Waals surface area contributed by atoms with Crippen LogP contribution in [0.15, 0.2) is 24.3 Å². The van der Waals surface area contributed by atoms with E-state index in [1.807, 2.05) is 54.5 Å². The molecule has 2 aromatic rings. The summed E-state index contributed by atoms with van der Waals surface area (Å²) >= 11 is 0. The van der Waals surface area contributed by atoms with Gasteiger partial charge in [-0.1, -0.05) is 39.8 Å². The summed E-state index contributed by atoms with van der Waals surface area (Å²) in [7, 11) is 0. The maximum absolute atomic E-state index is 13.1. The number of hydrogen-bond donors (Lipinski definition) is 0. The van der Waals surface area contributed by atoms with Crippen LogP contribution in [0.2, 0.25) is 0 Å². The Morgan fingerprint density at radius 3 is 2.00 bits per heavy atom. The molecule has 0 bridgehead atoms. The maximum atomic E-state index is 13.1. The molecule has 1 heterocycles. The molecule has 1 aromatic heterocycles. The summed E-state index contributed by atoms with van der Waals surface area (Å²) in [6.45, 7) is 13.9. The molecule has 0 fully saturated rings. The maximum Gasteiger partial charge on any atom is 0.123 e. The Labute approximate surface area is 122 Å². The Hall–Kier alpha value is -1.77. The summed E-state index contributed by atoms with van der Waals surface area (Å²) in [6, 6.07) is 6.43. The fraction of sp³-hybridized carbons (Fsp3) is 0.412. The molecule has 0 radical (unpaired) electrons. The third-order valence-electron chi connectivity index (χ3n) is 2.86. The number of aryl methyl sites for hydroxylation is 1. The second-order valence-corrected chi connectivity index (χ2v) is 3.89. The molecule has 20 heavy (non-hydrogen) atoms. The quantitative estimate of drug-likeness (QED) is 0.710. The lowest BCUT2D eigenvalue weighted by molar-refractivity contribution is 0.628. The van der Waals surface area contributed by atoms with E-state index in [1.165, 1.54) is 12.1 Å². The van der Waals surface area contributed by atoms with Gasteiger partial charge in [-0.2, -0.15) is 5.10 Å². The van der Waals surface area contributed by atoms with Crippen molar-refractivity contribution >= 4 is 0 Å². The fourth-order valence-corrected chi connectivity index (χ4v) is 1.63. The number of benzene rings is 1. The molecular weight excluding hydrogens is 251 g/mol. The molecule has 0 aliphatic carbocycles. The third-order valence-corrected chi connectivity index (χ3v) is 2.86. The minimum Gasteiger partial charge on any atom is -0.207 e. The summed E-state index contributed by atoms with van der Waals surface area (Å²) in [5.74, 6) is -0.253. The zero-order valence-corrected chi connectivity index (χ0v) is 13.6. The van der Waals surface area contributed by atoms with Crippen LogP contribution in [0.4, 0.5) is 4.39 Å². The number of rotatable bonds is 1. The monoisotopic (exact) mass is 276 g/mol. The number of aromatic nitrogens is 2. The van der Waals surface area contributed by atoms with Crippen molar-refractivity contribution in [1.29, 1.82) is 0 Å². The van der Waals surface area contributed by atoms with Gasteiger partial charge in [-0.15, -0.1) is 5.10 Å². The first-order valence-corrected chi connectivity index (χ1v) is 7.16. The van der Waals surface area contributed by atoms with Gasteiger partial charge in [0.2, 0.25) is 0 Å². The van der Waals surface area contributed by atoms with Crippen molar-refractivity contribution in [3.63, 3.8) is 0 Å². The molecule has 0 N–H and O–H groups in total. The summed E-state index contributed by atoms with van der Waals surface area (Å²) in [4.78, 5) is 0. The van der Waals surface area contributed by atoms with E-state index in [9.17, 15) is 4.39 Å². The van der Waals surface area contributed by atoms with Crippen LogP contribution in [0.5, 0.6) is 0 Å². The fourth-order valence-electron chi connectivity index (χ4n) is 1.63. The van der Waals surface area contributed by atoms with Crippen molar-refractivity contribution in [2.45, 2.75) is 48.5 Å². The average Bonchev–Trinajstić information content (AvgIpc) is 2.49. The third kappa shape index (κ3) is 4.41. The minimum absolute atomic E-state index is 0.253. The molecule has 0 aliphatic rings. The summed E-state index contributed by atoms with van der Waals surface area (Å²) in [6.07, 6.45) is 0. The van der Waals surface area contributed by atoms with Crippen molar-refractivity contribution in [1.82, 2.24) is 10.2 Å². The lowest BCUT2D eigenvalue weighted by Crippen LogP contribution is -1.99. The highest BCUT2D eigenvalue weighted by Crippen LogP contribution is 2.23. The molecule has 2 nitrogen and oxygen atoms in total. The molecule has 0 spiro atoms. The van der Waals surface area contributed by atoms with E-state index in [-0.39, 0.29) is 5.82 Å². The van der Waals surface area contributed by atoms with Gasteiger partial charge in [-0.05, 0) is 44.0 Å². The van der Waals surface area contributed by atoms with Crippen LogP contribution in [-0.4, -0.2) is 10.2 Å². The van der Waals surface area contributed by atoms with Gasteiger partial charge in [0, 0.05) is 5.56 Å². The van der Waals surface area contributed by atoms with Crippen LogP contribution in [0.1, 0.15) is 44.5 Å². The first-order valence-electron chi connectivity index (χ1n) is 7.16. The Morgan fingerprint density at radius 1 is 0.850 bits per heavy atom. The van der Waals surface area contributed by atoms with Gasteiger partial charge in [0.15, 0.2) is 0 Å². The number of hydrogen-bond acceptors (Lipinski definition) is 2. The summed E-state index contributed by atoms with van der Waals surface area (Å²) < 4.78 is 13.1. The average molecular weight is 276 g/mol. The van der Waals surface area contributed by atoms with Gasteiger partial charge in [0.25, 0.3) is 0 Å². The van der Waals surface area contributed by atoms with Crippen molar-refractivity contribution < 1.29 is 4.39 Å². The summed E-state index contributed by atoms with van der Waals surface area (Å²) in [5.41, 5.74) is 4.60. The second kappa shape index (κ2) is 9.18. The van der Waals surface area contributed by atoms with Crippen LogP contribution in [0.3, 0.4) is 0 Å². The normalized spacial score (nSPS) is 9.00. The van der Waals surface area contributed by atoms with E-state index in [0.29, 0.717) is 0 Å². The molecule has 0 amide bonds. The highest BCUT2D eigenvalue weighted by atomic mass is 19.1. The first-order chi connectivity index (χ1) is 9.59. The van der Waals surface area contributed by atoms with Crippen molar-refractivity contribution in [3.8, 4) is 11.3 Å². The molecule has 110 valence electrons. The molecule has 0 aliphatic heterocycles. The van der Waals surface area contributed by atoms with Crippen LogP contribution in [0.25, 0.3) is 11.3 Å². The van der Waals surface area contributed by atoms with Crippen molar-refractivity contribution in [2.24, 2.45) is 0 Å². The van der Waals surface area contributed by atoms with Crippen LogP contribution >= 0.6 is 0 Å². The van der Waals surface area contributed by atoms with E-state index in [4.69, 9.17) is 0 Å². The standard InChI is InChI=1S/C13H13FN2.2C2H6/c1-8-9(2)13(16-15-10(8)3)11-5-4-6-12(14)7-11;2*1-2/h4-7H,1-3H3;2*1-2H3. The van der Waals surface area contributed by atoms with Crippen LogP contribution in [0, 0.1) is 26.6 Å². The topological polar surface area (TPSA) is 25.8 Å². The Morgan fingerprint density at radius 2 is 1.45 bits per heavy atom. The van der Waals surface area contributed by atoms with Gasteiger partial charge >= 0.3 is 0 Å². The SMILES string of the molecule is CC.CC.Cc1nnc(-c2cccc(F)c2)c(C)c1C. The van der Waals surface area contributed by atoms with E-state index >= 15 is 0 Å². The Kier molecular flexibility index (Phi) is 8.37. The number of halogens is 1. The predicted octanol–water partition coefficient (Wildman–Crippen LogP) is 5.26. The Bertz CT molecular complexity index is 537. The molecule has 0 atom stereocenters. The highest BCUT2D eigenvalue weighted by Gasteiger charge is 2.09. The first kappa shape index (κ1) is 18.2. The molecular formula is C17H25FN2. The van der Waals surface area contributed by atoms with Gasteiger partial charge in [0.05, 0.1) is 11.4 Å². The van der Waals surface area contributed by atoms with Crippen molar-refractivity contribution in [3.05, 3.63) is 46.9 Å². The van der Waals surface area contributed by atoms with E-state index in [1.54, 1.807) is 6.07 Å². The highest BCUT2D eigenvalue weighted by molar-refractivity contribution is 5.63. The summed E-state index contributed by atoms with van der Waals surface area (Å²) in [5, 5.41) is 8.21. The molecule has 0 saturated heterocycles. The van der Waals surface area contributed by atoms with E-state index in [2.05, 4.69) is 10.2 Å². The lowest BCUT2D eigenvalue weighted by atomic mass is 10.0. The van der Waals surface area contributed by atoms with Crippen LogP contribution in [-0.2, 0) is 0 Å². The smallest absolute Gasteiger partial charge is 0.123 e. The zero-order valence-electron chi connectivity index (χ0n) is 13.6. The zero-order chi connectivity index (χ0) is 15.7. The molecule has 0 unspecified atom stereocenters. The second-order valence-electron chi connectivity index (χ2n) is 3.89.